The van der Waals surface area contributed by atoms with Gasteiger partial charge in [-0.25, -0.2) is 4.98 Å². The number of amides is 2. The zero-order chi connectivity index (χ0) is 31.1. The van der Waals surface area contributed by atoms with E-state index in [1.165, 1.54) is 22.2 Å². The molecule has 0 spiro atoms. The molecule has 2 saturated heterocycles. The molecule has 1 aromatic carbocycles. The summed E-state index contributed by atoms with van der Waals surface area (Å²) in [5.41, 5.74) is 1.30. The van der Waals surface area contributed by atoms with Crippen LogP contribution in [0.15, 0.2) is 88.9 Å². The normalized spacial score (nSPS) is 20.0. The monoisotopic (exact) mass is 625 g/mol. The summed E-state index contributed by atoms with van der Waals surface area (Å²) in [7, 11) is 1.84. The molecule has 0 aliphatic carbocycles. The first kappa shape index (κ1) is 29.2. The Labute approximate surface area is 264 Å². The molecular formula is C34H35N5O5S. The van der Waals surface area contributed by atoms with E-state index in [9.17, 15) is 19.5 Å². The summed E-state index contributed by atoms with van der Waals surface area (Å²) in [5, 5.41) is 12.0. The quantitative estimate of drug-likeness (QED) is 0.300. The summed E-state index contributed by atoms with van der Waals surface area (Å²) in [5.74, 6) is -0.392. The van der Waals surface area contributed by atoms with E-state index in [0.29, 0.717) is 61.4 Å². The molecule has 1 N–H and O–H groups in total. The number of nitrogens with zero attached hydrogens (tertiary/aromatic N) is 5. The van der Waals surface area contributed by atoms with Gasteiger partial charge in [0.25, 0.3) is 11.5 Å². The molecule has 0 saturated carbocycles. The lowest BCUT2D eigenvalue weighted by Gasteiger charge is -2.43. The number of fused-ring (bicyclic) bond motifs is 1. The van der Waals surface area contributed by atoms with Gasteiger partial charge in [-0.15, -0.1) is 11.3 Å². The number of carbonyl (C=O) groups is 2. The van der Waals surface area contributed by atoms with Crippen LogP contribution in [0.25, 0.3) is 21.5 Å². The van der Waals surface area contributed by atoms with Crippen molar-refractivity contribution in [3.8, 4) is 10.4 Å². The van der Waals surface area contributed by atoms with Gasteiger partial charge in [0.15, 0.2) is 0 Å². The molecule has 4 aromatic heterocycles. The fourth-order valence-electron chi connectivity index (χ4n) is 6.78. The van der Waals surface area contributed by atoms with Gasteiger partial charge >= 0.3 is 0 Å². The van der Waals surface area contributed by atoms with Crippen LogP contribution < -0.4 is 5.56 Å². The van der Waals surface area contributed by atoms with Crippen molar-refractivity contribution in [3.63, 3.8) is 0 Å². The van der Waals surface area contributed by atoms with Crippen molar-refractivity contribution in [2.75, 3.05) is 26.2 Å². The molecule has 2 aliphatic heterocycles. The highest BCUT2D eigenvalue weighted by Gasteiger charge is 2.42. The van der Waals surface area contributed by atoms with Crippen LogP contribution in [-0.4, -0.2) is 72.6 Å². The highest BCUT2D eigenvalue weighted by Crippen LogP contribution is 2.37. The van der Waals surface area contributed by atoms with E-state index in [0.717, 1.165) is 16.0 Å². The molecule has 6 heterocycles. The van der Waals surface area contributed by atoms with E-state index in [1.54, 1.807) is 29.4 Å². The number of likely N-dealkylation sites (tertiary alicyclic amines) is 2. The number of aryl methyl sites for hydroxylation is 1. The molecule has 11 heteroatoms. The summed E-state index contributed by atoms with van der Waals surface area (Å²) < 4.78 is 8.48. The number of hydrogen-bond acceptors (Lipinski definition) is 7. The summed E-state index contributed by atoms with van der Waals surface area (Å²) in [6.07, 6.45) is 7.87. The van der Waals surface area contributed by atoms with E-state index < -0.39 is 5.60 Å². The SMILES string of the molecule is Cn1ccc2c(=O)n(CC3(O)CCN(C(=O)[C@@H]4CCN(C(=O)c5ccc(-c6ccoc6)s5)C[C@H]4c4ccccc4)CC3)cnc21. The van der Waals surface area contributed by atoms with Gasteiger partial charge in [0.05, 0.1) is 34.9 Å². The number of carbonyl (C=O) groups excluding carboxylic acids is 2. The number of furan rings is 1. The van der Waals surface area contributed by atoms with Crippen LogP contribution in [0.3, 0.4) is 0 Å². The Morgan fingerprint density at radius 3 is 2.60 bits per heavy atom. The Morgan fingerprint density at radius 1 is 1.04 bits per heavy atom. The van der Waals surface area contributed by atoms with Crippen LogP contribution >= 0.6 is 11.3 Å². The Balaban J connectivity index is 1.04. The van der Waals surface area contributed by atoms with Crippen molar-refractivity contribution in [3.05, 3.63) is 100 Å². The first-order valence-electron chi connectivity index (χ1n) is 15.3. The smallest absolute Gasteiger partial charge is 0.263 e. The molecule has 10 nitrogen and oxygen atoms in total. The number of thiophene rings is 1. The Bertz CT molecular complexity index is 1880. The van der Waals surface area contributed by atoms with Gasteiger partial charge in [-0.3, -0.25) is 19.0 Å². The molecule has 45 heavy (non-hydrogen) atoms. The van der Waals surface area contributed by atoms with Crippen LogP contribution in [-0.2, 0) is 18.4 Å². The Kier molecular flexibility index (Phi) is 7.66. The summed E-state index contributed by atoms with van der Waals surface area (Å²) in [6.45, 7) is 1.88. The van der Waals surface area contributed by atoms with Crippen LogP contribution in [0.2, 0.25) is 0 Å². The molecule has 2 atom stereocenters. The average molecular weight is 626 g/mol. The third-order valence-electron chi connectivity index (χ3n) is 9.39. The Morgan fingerprint density at radius 2 is 1.84 bits per heavy atom. The molecule has 0 bridgehead atoms. The lowest BCUT2D eigenvalue weighted by Crippen LogP contribution is -2.53. The van der Waals surface area contributed by atoms with Crippen molar-refractivity contribution < 1.29 is 19.1 Å². The summed E-state index contributed by atoms with van der Waals surface area (Å²) >= 11 is 1.45. The number of rotatable bonds is 6. The fourth-order valence-corrected chi connectivity index (χ4v) is 7.74. The van der Waals surface area contributed by atoms with Gasteiger partial charge in [-0.1, -0.05) is 30.3 Å². The number of aromatic nitrogens is 3. The van der Waals surface area contributed by atoms with Crippen molar-refractivity contribution in [1.82, 2.24) is 23.9 Å². The second kappa shape index (κ2) is 11.8. The molecule has 5 aromatic rings. The van der Waals surface area contributed by atoms with Gasteiger partial charge in [0.1, 0.15) is 12.0 Å². The molecule has 0 radical (unpaired) electrons. The predicted octanol–water partition coefficient (Wildman–Crippen LogP) is 4.36. The van der Waals surface area contributed by atoms with Crippen LogP contribution in [0.4, 0.5) is 0 Å². The first-order valence-corrected chi connectivity index (χ1v) is 16.1. The van der Waals surface area contributed by atoms with Crippen LogP contribution in [0.1, 0.15) is 40.4 Å². The standard InChI is InChI=1S/C34H35N5O5S/c1-36-14-9-26-30(36)35-22-39(32(26)41)21-34(43)12-16-37(17-13-34)31(40)25-10-15-38(19-27(25)23-5-3-2-4-6-23)33(42)29-8-7-28(45-29)24-11-18-44-20-24/h2-9,11,14,18,20,22,25,27,43H,10,12-13,15-17,19,21H2,1H3/t25-,27+/m1/s1. The molecule has 0 unspecified atom stereocenters. The van der Waals surface area contributed by atoms with Crippen molar-refractivity contribution in [2.24, 2.45) is 13.0 Å². The number of piperidine rings is 2. The maximum Gasteiger partial charge on any atom is 0.263 e. The Hall–Kier alpha value is -4.48. The van der Waals surface area contributed by atoms with Crippen molar-refractivity contribution in [2.45, 2.75) is 37.3 Å². The molecular weight excluding hydrogens is 590 g/mol. The maximum atomic E-state index is 14.1. The molecule has 7 rings (SSSR count). The maximum absolute atomic E-state index is 14.1. The minimum Gasteiger partial charge on any atom is -0.472 e. The summed E-state index contributed by atoms with van der Waals surface area (Å²) in [4.78, 5) is 50.5. The van der Waals surface area contributed by atoms with Crippen molar-refractivity contribution in [1.29, 1.82) is 0 Å². The van der Waals surface area contributed by atoms with Gasteiger partial charge in [0, 0.05) is 61.7 Å². The van der Waals surface area contributed by atoms with Crippen LogP contribution in [0, 0.1) is 5.92 Å². The number of hydrogen-bond donors (Lipinski definition) is 1. The van der Waals surface area contributed by atoms with Crippen molar-refractivity contribution >= 4 is 34.2 Å². The zero-order valence-corrected chi connectivity index (χ0v) is 25.9. The van der Waals surface area contributed by atoms with Gasteiger partial charge < -0.3 is 23.9 Å². The van der Waals surface area contributed by atoms with E-state index >= 15 is 0 Å². The zero-order valence-electron chi connectivity index (χ0n) is 25.0. The highest BCUT2D eigenvalue weighted by atomic mass is 32.1. The second-order valence-electron chi connectivity index (χ2n) is 12.2. The minimum atomic E-state index is -1.12. The second-order valence-corrected chi connectivity index (χ2v) is 13.3. The topological polar surface area (TPSA) is 114 Å². The molecule has 2 amide bonds. The largest absolute Gasteiger partial charge is 0.472 e. The summed E-state index contributed by atoms with van der Waals surface area (Å²) in [6, 6.07) is 17.4. The van der Waals surface area contributed by atoms with Crippen LogP contribution in [0.5, 0.6) is 0 Å². The van der Waals surface area contributed by atoms with E-state index in [2.05, 4.69) is 4.98 Å². The average Bonchev–Trinajstić information content (AvgIpc) is 3.84. The van der Waals surface area contributed by atoms with Gasteiger partial charge in [-0.05, 0) is 49.1 Å². The van der Waals surface area contributed by atoms with Gasteiger partial charge in [-0.2, -0.15) is 0 Å². The molecule has 2 aliphatic rings. The molecule has 2 fully saturated rings. The first-order chi connectivity index (χ1) is 21.8. The third-order valence-corrected chi connectivity index (χ3v) is 10.5. The fraction of sp³-hybridized carbons (Fsp3) is 0.353. The van der Waals surface area contributed by atoms with E-state index in [1.807, 2.05) is 65.4 Å². The molecule has 232 valence electrons. The number of benzene rings is 1. The van der Waals surface area contributed by atoms with Gasteiger partial charge in [0.2, 0.25) is 5.91 Å². The lowest BCUT2D eigenvalue weighted by molar-refractivity contribution is -0.142. The number of aliphatic hydroxyl groups is 1. The third kappa shape index (κ3) is 5.62. The minimum absolute atomic E-state index is 0.0250. The highest BCUT2D eigenvalue weighted by molar-refractivity contribution is 7.17. The van der Waals surface area contributed by atoms with E-state index in [4.69, 9.17) is 4.42 Å². The predicted molar refractivity (Wildman–Crippen MR) is 171 cm³/mol. The lowest BCUT2D eigenvalue weighted by atomic mass is 9.79. The van der Waals surface area contributed by atoms with E-state index in [-0.39, 0.29) is 35.8 Å².